The molecule has 3 rings (SSSR count). The van der Waals surface area contributed by atoms with Crippen molar-refractivity contribution in [1.29, 1.82) is 0 Å². The Bertz CT molecular complexity index is 442. The largest absolute Gasteiger partial charge is 0.349 e. The molecule has 1 aromatic rings. The minimum absolute atomic E-state index is 0.0515. The molecule has 1 N–H and O–H groups in total. The van der Waals surface area contributed by atoms with Crippen LogP contribution in [0.3, 0.4) is 0 Å². The molecule has 0 spiro atoms. The second-order valence-electron chi connectivity index (χ2n) is 5.61. The fraction of sp³-hybridized carbons (Fsp3) is 0.643. The van der Waals surface area contributed by atoms with E-state index in [1.807, 2.05) is 29.9 Å². The van der Waals surface area contributed by atoms with E-state index >= 15 is 0 Å². The molecule has 0 aromatic carbocycles. The lowest BCUT2D eigenvalue weighted by molar-refractivity contribution is 0.0911. The number of hydrogen-bond donors (Lipinski definition) is 1. The summed E-state index contributed by atoms with van der Waals surface area (Å²) in [6, 6.07) is 3.78. The van der Waals surface area contributed by atoms with Gasteiger partial charge in [-0.25, -0.2) is 0 Å². The molecular formula is C14H21N3O. The van der Waals surface area contributed by atoms with Crippen LogP contribution in [-0.2, 0) is 7.05 Å². The van der Waals surface area contributed by atoms with E-state index in [0.29, 0.717) is 0 Å². The van der Waals surface area contributed by atoms with Gasteiger partial charge in [-0.15, -0.1) is 0 Å². The minimum atomic E-state index is 0.0515. The lowest BCUT2D eigenvalue weighted by Crippen LogP contribution is -2.48. The average molecular weight is 247 g/mol. The molecule has 0 bridgehead atoms. The molecule has 18 heavy (non-hydrogen) atoms. The number of fused-ring (bicyclic) bond motifs is 1. The highest BCUT2D eigenvalue weighted by Gasteiger charge is 2.44. The summed E-state index contributed by atoms with van der Waals surface area (Å²) >= 11 is 0. The van der Waals surface area contributed by atoms with Gasteiger partial charge >= 0.3 is 0 Å². The Kier molecular flexibility index (Phi) is 2.90. The molecule has 1 amide bonds. The van der Waals surface area contributed by atoms with Crippen molar-refractivity contribution in [3.63, 3.8) is 0 Å². The number of nitrogens with one attached hydrogen (secondary N) is 1. The molecule has 0 aliphatic carbocycles. The number of aromatic nitrogens is 1. The third-order valence-electron chi connectivity index (χ3n) is 4.57. The molecule has 0 unspecified atom stereocenters. The molecule has 0 atom stereocenters. The fourth-order valence-electron chi connectivity index (χ4n) is 3.55. The molecule has 3 heterocycles. The Morgan fingerprint density at radius 3 is 2.72 bits per heavy atom. The molecule has 1 aromatic heterocycles. The number of aryl methyl sites for hydroxylation is 1. The van der Waals surface area contributed by atoms with Gasteiger partial charge in [0.15, 0.2) is 0 Å². The molecule has 2 aliphatic heterocycles. The summed E-state index contributed by atoms with van der Waals surface area (Å²) in [6.45, 7) is 3.22. The molecule has 0 radical (unpaired) electrons. The normalized spacial score (nSPS) is 22.1. The SMILES string of the molecule is Cn1cccc1C(=O)NCC12CCCN1CCC2. The molecule has 4 heteroatoms. The second-order valence-corrected chi connectivity index (χ2v) is 5.61. The van der Waals surface area contributed by atoms with Crippen LogP contribution in [0.4, 0.5) is 0 Å². The molecule has 4 nitrogen and oxygen atoms in total. The number of nitrogens with zero attached hydrogens (tertiary/aromatic N) is 2. The van der Waals surface area contributed by atoms with Crippen LogP contribution in [-0.4, -0.2) is 40.5 Å². The second kappa shape index (κ2) is 4.43. The Morgan fingerprint density at radius 1 is 1.39 bits per heavy atom. The van der Waals surface area contributed by atoms with Crippen molar-refractivity contribution >= 4 is 5.91 Å². The van der Waals surface area contributed by atoms with Crippen LogP contribution in [0.25, 0.3) is 0 Å². The predicted octanol–water partition coefficient (Wildman–Crippen LogP) is 1.38. The molecule has 2 saturated heterocycles. The first-order valence-electron chi connectivity index (χ1n) is 6.86. The summed E-state index contributed by atoms with van der Waals surface area (Å²) in [5, 5.41) is 3.13. The van der Waals surface area contributed by atoms with Crippen molar-refractivity contribution in [2.24, 2.45) is 7.05 Å². The molecular weight excluding hydrogens is 226 g/mol. The third-order valence-corrected chi connectivity index (χ3v) is 4.57. The number of hydrogen-bond acceptors (Lipinski definition) is 2. The maximum atomic E-state index is 12.1. The average Bonchev–Trinajstić information content (AvgIpc) is 3.00. The number of amides is 1. The van der Waals surface area contributed by atoms with E-state index in [4.69, 9.17) is 0 Å². The van der Waals surface area contributed by atoms with Crippen LogP contribution < -0.4 is 5.32 Å². The van der Waals surface area contributed by atoms with Crippen LogP contribution in [0.15, 0.2) is 18.3 Å². The predicted molar refractivity (Wildman–Crippen MR) is 70.5 cm³/mol. The summed E-state index contributed by atoms with van der Waals surface area (Å²) in [5.41, 5.74) is 1.01. The maximum Gasteiger partial charge on any atom is 0.267 e. The highest BCUT2D eigenvalue weighted by atomic mass is 16.1. The van der Waals surface area contributed by atoms with Crippen LogP contribution >= 0.6 is 0 Å². The van der Waals surface area contributed by atoms with Crippen LogP contribution in [0, 0.1) is 0 Å². The van der Waals surface area contributed by atoms with Crippen molar-refractivity contribution in [3.8, 4) is 0 Å². The zero-order chi connectivity index (χ0) is 12.6. The minimum Gasteiger partial charge on any atom is -0.349 e. The van der Waals surface area contributed by atoms with Gasteiger partial charge in [-0.1, -0.05) is 0 Å². The van der Waals surface area contributed by atoms with Gasteiger partial charge in [0.2, 0.25) is 0 Å². The Labute approximate surface area is 108 Å². The number of carbonyl (C=O) groups is 1. The zero-order valence-electron chi connectivity index (χ0n) is 11.0. The first-order valence-corrected chi connectivity index (χ1v) is 6.86. The quantitative estimate of drug-likeness (QED) is 0.876. The van der Waals surface area contributed by atoms with Crippen molar-refractivity contribution in [2.45, 2.75) is 31.2 Å². The zero-order valence-corrected chi connectivity index (χ0v) is 11.0. The van der Waals surface area contributed by atoms with E-state index in [0.717, 1.165) is 12.2 Å². The van der Waals surface area contributed by atoms with Gasteiger partial charge < -0.3 is 9.88 Å². The van der Waals surface area contributed by atoms with E-state index in [1.54, 1.807) is 0 Å². The highest BCUT2D eigenvalue weighted by Crippen LogP contribution is 2.38. The maximum absolute atomic E-state index is 12.1. The Balaban J connectivity index is 1.65. The standard InChI is InChI=1S/C14H21N3O/c1-16-8-2-5-12(16)13(18)15-11-14-6-3-9-17(14)10-4-7-14/h2,5,8H,3-4,6-7,9-11H2,1H3,(H,15,18). The molecule has 98 valence electrons. The van der Waals surface area contributed by atoms with E-state index in [2.05, 4.69) is 10.2 Å². The van der Waals surface area contributed by atoms with Gasteiger partial charge in [-0.05, 0) is 50.9 Å². The Hall–Kier alpha value is -1.29. The van der Waals surface area contributed by atoms with Crippen molar-refractivity contribution in [3.05, 3.63) is 24.0 Å². The summed E-state index contributed by atoms with van der Waals surface area (Å²) < 4.78 is 1.87. The van der Waals surface area contributed by atoms with E-state index < -0.39 is 0 Å². The van der Waals surface area contributed by atoms with Crippen LogP contribution in [0.5, 0.6) is 0 Å². The first kappa shape index (κ1) is 11.8. The van der Waals surface area contributed by atoms with E-state index in [-0.39, 0.29) is 11.4 Å². The lowest BCUT2D eigenvalue weighted by Gasteiger charge is -2.32. The van der Waals surface area contributed by atoms with Crippen LogP contribution in [0.2, 0.25) is 0 Å². The third kappa shape index (κ3) is 1.85. The summed E-state index contributed by atoms with van der Waals surface area (Å²) in [4.78, 5) is 14.7. The number of carbonyl (C=O) groups excluding carboxylic acids is 1. The van der Waals surface area contributed by atoms with E-state index in [1.165, 1.54) is 38.8 Å². The van der Waals surface area contributed by atoms with Gasteiger partial charge in [0, 0.05) is 25.3 Å². The van der Waals surface area contributed by atoms with Crippen molar-refractivity contribution in [1.82, 2.24) is 14.8 Å². The van der Waals surface area contributed by atoms with Gasteiger partial charge in [-0.2, -0.15) is 0 Å². The first-order chi connectivity index (χ1) is 8.71. The van der Waals surface area contributed by atoms with E-state index in [9.17, 15) is 4.79 Å². The molecule has 2 fully saturated rings. The summed E-state index contributed by atoms with van der Waals surface area (Å²) in [6.07, 6.45) is 6.94. The van der Waals surface area contributed by atoms with Gasteiger partial charge in [-0.3, -0.25) is 9.69 Å². The molecule has 0 saturated carbocycles. The highest BCUT2D eigenvalue weighted by molar-refractivity contribution is 5.92. The topological polar surface area (TPSA) is 37.3 Å². The summed E-state index contributed by atoms with van der Waals surface area (Å²) in [5.74, 6) is 0.0515. The monoisotopic (exact) mass is 247 g/mol. The summed E-state index contributed by atoms with van der Waals surface area (Å²) in [7, 11) is 1.91. The van der Waals surface area contributed by atoms with Crippen molar-refractivity contribution in [2.75, 3.05) is 19.6 Å². The lowest BCUT2D eigenvalue weighted by atomic mass is 9.94. The van der Waals surface area contributed by atoms with Gasteiger partial charge in [0.05, 0.1) is 0 Å². The smallest absolute Gasteiger partial charge is 0.267 e. The van der Waals surface area contributed by atoms with Crippen LogP contribution in [0.1, 0.15) is 36.2 Å². The Morgan fingerprint density at radius 2 is 2.11 bits per heavy atom. The van der Waals surface area contributed by atoms with Gasteiger partial charge in [0.1, 0.15) is 5.69 Å². The molecule has 2 aliphatic rings. The van der Waals surface area contributed by atoms with Crippen molar-refractivity contribution < 1.29 is 4.79 Å². The number of rotatable bonds is 3. The van der Waals surface area contributed by atoms with Gasteiger partial charge in [0.25, 0.3) is 5.91 Å². The fourth-order valence-corrected chi connectivity index (χ4v) is 3.55.